The molecule has 0 unspecified atom stereocenters. The van der Waals surface area contributed by atoms with Gasteiger partial charge in [0, 0.05) is 25.2 Å². The molecule has 1 aliphatic carbocycles. The Morgan fingerprint density at radius 1 is 1.16 bits per heavy atom. The topological polar surface area (TPSA) is 25.2 Å². The second-order valence-corrected chi connectivity index (χ2v) is 8.45. The maximum Gasteiger partial charge on any atom is 0.431 e. The molecule has 0 radical (unpaired) electrons. The summed E-state index contributed by atoms with van der Waals surface area (Å²) < 4.78 is 57.6. The quantitative estimate of drug-likeness (QED) is 0.393. The molecule has 0 spiro atoms. The largest absolute Gasteiger partial charge is 0.431 e. The second-order valence-electron chi connectivity index (χ2n) is 8.04. The van der Waals surface area contributed by atoms with E-state index in [9.17, 15) is 22.4 Å². The number of hydrogen-bond donors (Lipinski definition) is 0. The molecule has 3 aromatic rings. The fourth-order valence-electron chi connectivity index (χ4n) is 4.06. The van der Waals surface area contributed by atoms with Gasteiger partial charge in [-0.3, -0.25) is 4.79 Å². The van der Waals surface area contributed by atoms with E-state index in [1.54, 1.807) is 37.4 Å². The normalized spacial score (nSPS) is 14.0. The highest BCUT2D eigenvalue weighted by molar-refractivity contribution is 6.31. The molecule has 0 N–H and O–H groups in total. The van der Waals surface area contributed by atoms with Crippen LogP contribution in [-0.4, -0.2) is 28.5 Å². The number of alkyl halides is 3. The zero-order valence-electron chi connectivity index (χ0n) is 17.5. The molecule has 8 heteroatoms. The minimum atomic E-state index is -4.70. The number of amides is 1. The maximum absolute atomic E-state index is 14.3. The van der Waals surface area contributed by atoms with Crippen molar-refractivity contribution >= 4 is 17.5 Å². The summed E-state index contributed by atoms with van der Waals surface area (Å²) in [7, 11) is 1.60. The lowest BCUT2D eigenvalue weighted by molar-refractivity contribution is -0.143. The van der Waals surface area contributed by atoms with Crippen molar-refractivity contribution < 1.29 is 22.4 Å². The van der Waals surface area contributed by atoms with Crippen LogP contribution in [0.3, 0.4) is 0 Å². The molecule has 0 atom stereocenters. The Labute approximate surface area is 188 Å². The van der Waals surface area contributed by atoms with Gasteiger partial charge in [0.25, 0.3) is 5.91 Å². The highest BCUT2D eigenvalue weighted by Gasteiger charge is 2.42. The molecule has 168 valence electrons. The molecule has 4 rings (SSSR count). The summed E-state index contributed by atoms with van der Waals surface area (Å²) in [5, 5.41) is -0.222. The van der Waals surface area contributed by atoms with Crippen molar-refractivity contribution in [2.75, 3.05) is 7.05 Å². The van der Waals surface area contributed by atoms with Crippen molar-refractivity contribution in [3.05, 3.63) is 81.9 Å². The molecule has 1 saturated carbocycles. The van der Waals surface area contributed by atoms with E-state index in [2.05, 4.69) is 0 Å². The lowest BCUT2D eigenvalue weighted by Crippen LogP contribution is -2.32. The molecule has 1 fully saturated rings. The average Bonchev–Trinajstić information content (AvgIpc) is 3.53. The third kappa shape index (κ3) is 4.13. The van der Waals surface area contributed by atoms with E-state index in [0.717, 1.165) is 23.5 Å². The summed E-state index contributed by atoms with van der Waals surface area (Å²) in [6.45, 7) is 1.20. The summed E-state index contributed by atoms with van der Waals surface area (Å²) >= 11 is 5.94. The van der Waals surface area contributed by atoms with Crippen LogP contribution >= 0.6 is 11.6 Å². The Balaban J connectivity index is 2.01. The van der Waals surface area contributed by atoms with Gasteiger partial charge in [0.05, 0.1) is 5.02 Å². The number of nitrogens with zero attached hydrogens (tertiary/aromatic N) is 2. The molecule has 1 amide bonds. The molecule has 0 bridgehead atoms. The van der Waals surface area contributed by atoms with Gasteiger partial charge in [-0.2, -0.15) is 13.2 Å². The van der Waals surface area contributed by atoms with E-state index in [-0.39, 0.29) is 40.0 Å². The summed E-state index contributed by atoms with van der Waals surface area (Å²) in [5.74, 6) is -1.19. The maximum atomic E-state index is 14.3. The third-order valence-corrected chi connectivity index (χ3v) is 6.07. The van der Waals surface area contributed by atoms with E-state index in [1.807, 2.05) is 0 Å². The third-order valence-electron chi connectivity index (χ3n) is 5.78. The number of rotatable bonds is 5. The van der Waals surface area contributed by atoms with Gasteiger partial charge in [-0.05, 0) is 48.6 Å². The van der Waals surface area contributed by atoms with Gasteiger partial charge < -0.3 is 9.47 Å². The van der Waals surface area contributed by atoms with E-state index >= 15 is 0 Å². The van der Waals surface area contributed by atoms with Gasteiger partial charge in [-0.15, -0.1) is 0 Å². The van der Waals surface area contributed by atoms with Gasteiger partial charge in [-0.1, -0.05) is 48.0 Å². The van der Waals surface area contributed by atoms with Crippen LogP contribution in [0.15, 0.2) is 48.5 Å². The van der Waals surface area contributed by atoms with Gasteiger partial charge >= 0.3 is 6.18 Å². The molecule has 1 aliphatic rings. The van der Waals surface area contributed by atoms with Crippen LogP contribution in [0, 0.1) is 12.7 Å². The first-order valence-corrected chi connectivity index (χ1v) is 10.5. The molecule has 0 saturated heterocycles. The standard InChI is InChI=1S/C24H21ClF4N2O/c1-14-20(16-8-11-19(26)18(25)12-16)21(23(32)30(2)17-9-10-17)31(22(14)24(27,28)29)13-15-6-4-3-5-7-15/h3-8,11-12,17H,9-10,13H2,1-2H3. The Kier molecular flexibility index (Phi) is 5.79. The van der Waals surface area contributed by atoms with E-state index in [4.69, 9.17) is 11.6 Å². The minimum Gasteiger partial charge on any atom is -0.337 e. The first kappa shape index (κ1) is 22.4. The van der Waals surface area contributed by atoms with Gasteiger partial charge in [0.2, 0.25) is 0 Å². The minimum absolute atomic E-state index is 0.00174. The number of carbonyl (C=O) groups is 1. The lowest BCUT2D eigenvalue weighted by atomic mass is 10.00. The fraction of sp³-hybridized carbons (Fsp3) is 0.292. The lowest BCUT2D eigenvalue weighted by Gasteiger charge is -2.21. The number of aromatic nitrogens is 1. The Morgan fingerprint density at radius 3 is 2.38 bits per heavy atom. The molecule has 32 heavy (non-hydrogen) atoms. The smallest absolute Gasteiger partial charge is 0.337 e. The van der Waals surface area contributed by atoms with E-state index < -0.39 is 23.6 Å². The van der Waals surface area contributed by atoms with Crippen molar-refractivity contribution in [1.29, 1.82) is 0 Å². The molecule has 1 aromatic heterocycles. The van der Waals surface area contributed by atoms with Crippen LogP contribution in [-0.2, 0) is 12.7 Å². The van der Waals surface area contributed by atoms with Gasteiger partial charge in [-0.25, -0.2) is 4.39 Å². The highest BCUT2D eigenvalue weighted by atomic mass is 35.5. The van der Waals surface area contributed by atoms with Crippen molar-refractivity contribution in [1.82, 2.24) is 9.47 Å². The number of halogens is 5. The van der Waals surface area contributed by atoms with Crippen molar-refractivity contribution in [2.24, 2.45) is 0 Å². The summed E-state index contributed by atoms with van der Waals surface area (Å²) in [4.78, 5) is 15.0. The van der Waals surface area contributed by atoms with Crippen molar-refractivity contribution in [2.45, 2.75) is 38.5 Å². The number of carbonyl (C=O) groups excluding carboxylic acids is 1. The SMILES string of the molecule is Cc1c(-c2ccc(F)c(Cl)c2)c(C(=O)N(C)C2CC2)n(Cc2ccccc2)c1C(F)(F)F. The van der Waals surface area contributed by atoms with Crippen LogP contribution in [0.4, 0.5) is 17.6 Å². The fourth-order valence-corrected chi connectivity index (χ4v) is 4.24. The average molecular weight is 465 g/mol. The molecule has 0 aliphatic heterocycles. The predicted molar refractivity (Wildman–Crippen MR) is 115 cm³/mol. The first-order valence-electron chi connectivity index (χ1n) is 10.2. The monoisotopic (exact) mass is 464 g/mol. The molecular weight excluding hydrogens is 444 g/mol. The van der Waals surface area contributed by atoms with E-state index in [1.165, 1.54) is 24.0 Å². The molecule has 1 heterocycles. The predicted octanol–water partition coefficient (Wildman–Crippen LogP) is 6.56. The van der Waals surface area contributed by atoms with Crippen molar-refractivity contribution in [3.63, 3.8) is 0 Å². The number of hydrogen-bond acceptors (Lipinski definition) is 1. The Bertz CT molecular complexity index is 1170. The Morgan fingerprint density at radius 2 is 1.81 bits per heavy atom. The van der Waals surface area contributed by atoms with Crippen LogP contribution in [0.1, 0.15) is 40.2 Å². The zero-order valence-corrected chi connectivity index (χ0v) is 18.3. The van der Waals surface area contributed by atoms with Crippen LogP contribution in [0.25, 0.3) is 11.1 Å². The van der Waals surface area contributed by atoms with Crippen LogP contribution < -0.4 is 0 Å². The molecular formula is C24H21ClF4N2O. The summed E-state index contributed by atoms with van der Waals surface area (Å²) in [6.07, 6.45) is -3.08. The van der Waals surface area contributed by atoms with E-state index in [0.29, 0.717) is 5.56 Å². The van der Waals surface area contributed by atoms with Crippen molar-refractivity contribution in [3.8, 4) is 11.1 Å². The van der Waals surface area contributed by atoms with Gasteiger partial charge in [0.1, 0.15) is 17.2 Å². The molecule has 3 nitrogen and oxygen atoms in total. The molecule has 2 aromatic carbocycles. The van der Waals surface area contributed by atoms with Crippen LogP contribution in [0.2, 0.25) is 5.02 Å². The highest BCUT2D eigenvalue weighted by Crippen LogP contribution is 2.43. The number of benzene rings is 2. The summed E-state index contributed by atoms with van der Waals surface area (Å²) in [6, 6.07) is 12.4. The van der Waals surface area contributed by atoms with Crippen LogP contribution in [0.5, 0.6) is 0 Å². The van der Waals surface area contributed by atoms with Gasteiger partial charge in [0.15, 0.2) is 0 Å². The first-order chi connectivity index (χ1) is 15.1. The zero-order chi connectivity index (χ0) is 23.2. The second kappa shape index (κ2) is 8.28. The Hall–Kier alpha value is -2.80. The summed E-state index contributed by atoms with van der Waals surface area (Å²) in [5.41, 5.74) is -0.0602.